The number of imidazole rings is 1. The van der Waals surface area contributed by atoms with E-state index < -0.39 is 5.60 Å². The molecule has 1 atom stereocenters. The summed E-state index contributed by atoms with van der Waals surface area (Å²) in [5, 5.41) is 2.95. The van der Waals surface area contributed by atoms with Crippen LogP contribution in [0.4, 0.5) is 5.95 Å². The summed E-state index contributed by atoms with van der Waals surface area (Å²) >= 11 is 0. The van der Waals surface area contributed by atoms with Crippen LogP contribution in [0.5, 0.6) is 0 Å². The standard InChI is InChI=1S/C19H22N4O2/c1-18(2)9-10-19(3,25-18)12-15(24)22-17-21-14-8-5-11-20-16(14)23(17)13-6-4-7-13/h4-8,11H,9-10,12H2,1-3H3,(H,21,22,24). The van der Waals surface area contributed by atoms with Crippen molar-refractivity contribution in [2.45, 2.75) is 51.2 Å². The van der Waals surface area contributed by atoms with Gasteiger partial charge in [0.25, 0.3) is 0 Å². The average Bonchev–Trinajstić information content (AvgIpc) is 2.95. The first-order chi connectivity index (χ1) is 11.9. The fourth-order valence-corrected chi connectivity index (χ4v) is 3.54. The highest BCUT2D eigenvalue weighted by Crippen LogP contribution is 2.39. The first-order valence-corrected chi connectivity index (χ1v) is 8.58. The van der Waals surface area contributed by atoms with E-state index in [9.17, 15) is 4.79 Å². The number of rotatable bonds is 4. The van der Waals surface area contributed by atoms with Crippen molar-refractivity contribution in [1.29, 1.82) is 0 Å². The molecule has 25 heavy (non-hydrogen) atoms. The lowest BCUT2D eigenvalue weighted by molar-refractivity contribution is -0.126. The van der Waals surface area contributed by atoms with Crippen molar-refractivity contribution < 1.29 is 9.53 Å². The molecular weight excluding hydrogens is 316 g/mol. The van der Waals surface area contributed by atoms with Crippen LogP contribution in [0.15, 0.2) is 36.6 Å². The Hall–Kier alpha value is -2.47. The quantitative estimate of drug-likeness (QED) is 0.926. The minimum absolute atomic E-state index is 0.0966. The molecule has 130 valence electrons. The third-order valence-electron chi connectivity index (χ3n) is 4.77. The number of carbonyl (C=O) groups is 1. The second-order valence-electron chi connectivity index (χ2n) is 7.60. The van der Waals surface area contributed by atoms with Crippen molar-refractivity contribution in [3.8, 4) is 0 Å². The summed E-state index contributed by atoms with van der Waals surface area (Å²) in [5.74, 6) is 0.399. The first-order valence-electron chi connectivity index (χ1n) is 8.58. The van der Waals surface area contributed by atoms with Gasteiger partial charge in [0.15, 0.2) is 5.65 Å². The van der Waals surface area contributed by atoms with Gasteiger partial charge in [0.2, 0.25) is 11.9 Å². The SMILES string of the molecule is CC1(C)CCC(C)(CC(=O)Nc2nc3cccnc3n2C2=CC=C2)O1. The van der Waals surface area contributed by atoms with Crippen molar-refractivity contribution in [2.24, 2.45) is 0 Å². The van der Waals surface area contributed by atoms with Gasteiger partial charge in [-0.3, -0.25) is 14.7 Å². The van der Waals surface area contributed by atoms with Crippen molar-refractivity contribution >= 4 is 28.7 Å². The number of nitrogens with one attached hydrogen (secondary N) is 1. The zero-order chi connectivity index (χ0) is 17.7. The molecule has 2 aromatic heterocycles. The van der Waals surface area contributed by atoms with Gasteiger partial charge in [-0.2, -0.15) is 0 Å². The van der Waals surface area contributed by atoms with E-state index in [1.165, 1.54) is 0 Å². The van der Waals surface area contributed by atoms with Crippen LogP contribution < -0.4 is 5.32 Å². The minimum Gasteiger partial charge on any atom is -0.369 e. The molecule has 2 aromatic rings. The van der Waals surface area contributed by atoms with Gasteiger partial charge in [0, 0.05) is 6.20 Å². The molecule has 0 aromatic carbocycles. The topological polar surface area (TPSA) is 69.0 Å². The summed E-state index contributed by atoms with van der Waals surface area (Å²) in [5.41, 5.74) is 1.84. The monoisotopic (exact) mass is 338 g/mol. The number of hydrogen-bond donors (Lipinski definition) is 1. The summed E-state index contributed by atoms with van der Waals surface area (Å²) in [6, 6.07) is 3.73. The van der Waals surface area contributed by atoms with Crippen LogP contribution in [0, 0.1) is 0 Å². The van der Waals surface area contributed by atoms with Crippen LogP contribution in [0.1, 0.15) is 40.0 Å². The molecule has 0 bridgehead atoms. The number of hydrogen-bond acceptors (Lipinski definition) is 4. The molecule has 4 rings (SSSR count). The number of pyridine rings is 1. The summed E-state index contributed by atoms with van der Waals surface area (Å²) in [6.07, 6.45) is 9.75. The molecule has 1 fully saturated rings. The van der Waals surface area contributed by atoms with Crippen molar-refractivity contribution in [1.82, 2.24) is 14.5 Å². The molecular formula is C19H22N4O2. The molecule has 0 radical (unpaired) electrons. The zero-order valence-electron chi connectivity index (χ0n) is 14.7. The Balaban J connectivity index is 1.57. The molecule has 1 unspecified atom stereocenters. The van der Waals surface area contributed by atoms with Gasteiger partial charge in [0.1, 0.15) is 5.52 Å². The van der Waals surface area contributed by atoms with E-state index in [-0.39, 0.29) is 11.5 Å². The maximum absolute atomic E-state index is 12.6. The van der Waals surface area contributed by atoms with Gasteiger partial charge in [0.05, 0.1) is 23.3 Å². The molecule has 6 heteroatoms. The number of fused-ring (bicyclic) bond motifs is 1. The van der Waals surface area contributed by atoms with Crippen LogP contribution >= 0.6 is 0 Å². The third-order valence-corrected chi connectivity index (χ3v) is 4.77. The Kier molecular flexibility index (Phi) is 3.54. The maximum Gasteiger partial charge on any atom is 0.229 e. The van der Waals surface area contributed by atoms with Crippen LogP contribution in [-0.4, -0.2) is 31.6 Å². The van der Waals surface area contributed by atoms with E-state index in [4.69, 9.17) is 4.74 Å². The lowest BCUT2D eigenvalue weighted by Crippen LogP contribution is -2.33. The molecule has 0 spiro atoms. The summed E-state index contributed by atoms with van der Waals surface area (Å²) in [4.78, 5) is 21.6. The lowest BCUT2D eigenvalue weighted by atomic mass is 9.96. The molecule has 6 nitrogen and oxygen atoms in total. The van der Waals surface area contributed by atoms with Crippen LogP contribution in [0.3, 0.4) is 0 Å². The summed E-state index contributed by atoms with van der Waals surface area (Å²) in [7, 11) is 0. The highest BCUT2D eigenvalue weighted by Gasteiger charge is 2.42. The predicted octanol–water partition coefficient (Wildman–Crippen LogP) is 3.52. The summed E-state index contributed by atoms with van der Waals surface area (Å²) in [6.45, 7) is 6.14. The zero-order valence-corrected chi connectivity index (χ0v) is 14.7. The number of aromatic nitrogens is 3. The second-order valence-corrected chi connectivity index (χ2v) is 7.60. The van der Waals surface area contributed by atoms with Crippen molar-refractivity contribution in [2.75, 3.05) is 5.32 Å². The molecule has 2 aliphatic rings. The molecule has 1 amide bonds. The normalized spacial score (nSPS) is 24.2. The number of ether oxygens (including phenoxy) is 1. The Labute approximate surface area is 146 Å². The molecule has 1 aliphatic heterocycles. The van der Waals surface area contributed by atoms with E-state index in [1.807, 2.05) is 41.9 Å². The van der Waals surface area contributed by atoms with Gasteiger partial charge >= 0.3 is 0 Å². The molecule has 3 heterocycles. The van der Waals surface area contributed by atoms with Gasteiger partial charge in [-0.1, -0.05) is 6.08 Å². The Morgan fingerprint density at radius 3 is 2.80 bits per heavy atom. The van der Waals surface area contributed by atoms with E-state index >= 15 is 0 Å². The number of anilines is 1. The highest BCUT2D eigenvalue weighted by atomic mass is 16.5. The lowest BCUT2D eigenvalue weighted by Gasteiger charge is -2.27. The molecule has 1 N–H and O–H groups in total. The summed E-state index contributed by atoms with van der Waals surface area (Å²) < 4.78 is 7.96. The predicted molar refractivity (Wildman–Crippen MR) is 97.0 cm³/mol. The molecule has 1 saturated heterocycles. The number of nitrogens with zero attached hydrogens (tertiary/aromatic N) is 3. The highest BCUT2D eigenvalue weighted by molar-refractivity contribution is 5.94. The minimum atomic E-state index is -0.432. The smallest absolute Gasteiger partial charge is 0.229 e. The maximum atomic E-state index is 12.6. The van der Waals surface area contributed by atoms with E-state index in [0.29, 0.717) is 12.4 Å². The Morgan fingerprint density at radius 1 is 1.36 bits per heavy atom. The Morgan fingerprint density at radius 2 is 2.16 bits per heavy atom. The van der Waals surface area contributed by atoms with Crippen LogP contribution in [0.25, 0.3) is 16.9 Å². The largest absolute Gasteiger partial charge is 0.369 e. The third kappa shape index (κ3) is 2.98. The van der Waals surface area contributed by atoms with Crippen LogP contribution in [-0.2, 0) is 9.53 Å². The van der Waals surface area contributed by atoms with Gasteiger partial charge in [-0.05, 0) is 57.9 Å². The van der Waals surface area contributed by atoms with Gasteiger partial charge < -0.3 is 4.74 Å². The first kappa shape index (κ1) is 16.0. The van der Waals surface area contributed by atoms with Gasteiger partial charge in [-0.15, -0.1) is 0 Å². The van der Waals surface area contributed by atoms with E-state index in [1.54, 1.807) is 6.20 Å². The van der Waals surface area contributed by atoms with Crippen LogP contribution in [0.2, 0.25) is 0 Å². The van der Waals surface area contributed by atoms with Crippen molar-refractivity contribution in [3.63, 3.8) is 0 Å². The van der Waals surface area contributed by atoms with E-state index in [2.05, 4.69) is 29.1 Å². The average molecular weight is 338 g/mol. The van der Waals surface area contributed by atoms with E-state index in [0.717, 1.165) is 29.7 Å². The number of allylic oxidation sites excluding steroid dienone is 4. The van der Waals surface area contributed by atoms with Gasteiger partial charge in [-0.25, -0.2) is 9.97 Å². The fraction of sp³-hybridized carbons (Fsp3) is 0.421. The second kappa shape index (κ2) is 5.52. The molecule has 0 saturated carbocycles. The molecule has 1 aliphatic carbocycles. The number of carbonyl (C=O) groups excluding carboxylic acids is 1. The van der Waals surface area contributed by atoms with Crippen molar-refractivity contribution in [3.05, 3.63) is 36.6 Å². The fourth-order valence-electron chi connectivity index (χ4n) is 3.54. The number of amides is 1. The Bertz CT molecular complexity index is 909.